The molecule has 0 unspecified atom stereocenters. The molecule has 2 N–H and O–H groups in total. The maximum Gasteiger partial charge on any atom is 0.225 e. The number of hydrogen-bond donors (Lipinski definition) is 2. The highest BCUT2D eigenvalue weighted by atomic mass is 16.1. The first-order valence-corrected chi connectivity index (χ1v) is 8.24. The second-order valence-corrected chi connectivity index (χ2v) is 7.27. The minimum Gasteiger partial charge on any atom is -0.355 e. The van der Waals surface area contributed by atoms with E-state index in [2.05, 4.69) is 69.2 Å². The van der Waals surface area contributed by atoms with Gasteiger partial charge >= 0.3 is 0 Å². The molecule has 0 fully saturated rings. The lowest BCUT2D eigenvalue weighted by Gasteiger charge is -2.32. The smallest absolute Gasteiger partial charge is 0.225 e. The van der Waals surface area contributed by atoms with Gasteiger partial charge in [-0.05, 0) is 54.3 Å². The van der Waals surface area contributed by atoms with Crippen molar-refractivity contribution in [3.8, 4) is 0 Å². The number of hydrogen-bond acceptors (Lipinski definition) is 2. The molecule has 2 aromatic rings. The van der Waals surface area contributed by atoms with Crippen LogP contribution in [-0.4, -0.2) is 5.91 Å². The summed E-state index contributed by atoms with van der Waals surface area (Å²) in [5, 5.41) is 6.33. The lowest BCUT2D eigenvalue weighted by Crippen LogP contribution is -2.32. The van der Waals surface area contributed by atoms with Crippen LogP contribution in [0.1, 0.15) is 42.5 Å². The Hall–Kier alpha value is -2.55. The molecule has 0 spiro atoms. The van der Waals surface area contributed by atoms with Crippen LogP contribution in [0.25, 0.3) is 5.70 Å². The molecule has 24 heavy (non-hydrogen) atoms. The van der Waals surface area contributed by atoms with Gasteiger partial charge in [-0.2, -0.15) is 0 Å². The first-order valence-electron chi connectivity index (χ1n) is 8.24. The summed E-state index contributed by atoms with van der Waals surface area (Å²) < 4.78 is 0. The van der Waals surface area contributed by atoms with E-state index in [1.807, 2.05) is 12.1 Å². The third-order valence-electron chi connectivity index (χ3n) is 4.78. The fourth-order valence-corrected chi connectivity index (χ4v) is 3.18. The average molecular weight is 320 g/mol. The number of amides is 1. The Morgan fingerprint density at radius 1 is 1.12 bits per heavy atom. The Bertz CT molecular complexity index is 834. The summed E-state index contributed by atoms with van der Waals surface area (Å²) in [7, 11) is 0. The van der Waals surface area contributed by atoms with Crippen molar-refractivity contribution in [3.63, 3.8) is 0 Å². The van der Waals surface area contributed by atoms with E-state index in [9.17, 15) is 4.79 Å². The first kappa shape index (κ1) is 16.3. The van der Waals surface area contributed by atoms with E-state index >= 15 is 0 Å². The molecule has 0 aliphatic carbocycles. The highest BCUT2D eigenvalue weighted by Crippen LogP contribution is 2.38. The van der Waals surface area contributed by atoms with Crippen molar-refractivity contribution in [2.45, 2.75) is 39.5 Å². The van der Waals surface area contributed by atoms with Gasteiger partial charge in [-0.1, -0.05) is 38.6 Å². The van der Waals surface area contributed by atoms with Gasteiger partial charge in [0.25, 0.3) is 0 Å². The zero-order chi connectivity index (χ0) is 17.5. The van der Waals surface area contributed by atoms with Gasteiger partial charge in [0.15, 0.2) is 0 Å². The Labute approximate surface area is 143 Å². The van der Waals surface area contributed by atoms with Crippen molar-refractivity contribution in [1.29, 1.82) is 0 Å². The van der Waals surface area contributed by atoms with E-state index in [-0.39, 0.29) is 11.3 Å². The molecule has 1 aliphatic heterocycles. The molecule has 3 heteroatoms. The van der Waals surface area contributed by atoms with Crippen molar-refractivity contribution in [2.24, 2.45) is 0 Å². The van der Waals surface area contributed by atoms with Crippen LogP contribution < -0.4 is 10.6 Å². The van der Waals surface area contributed by atoms with Gasteiger partial charge in [-0.3, -0.25) is 4.79 Å². The van der Waals surface area contributed by atoms with Crippen LogP contribution in [-0.2, 0) is 10.2 Å². The Balaban J connectivity index is 1.86. The van der Waals surface area contributed by atoms with Crippen molar-refractivity contribution >= 4 is 23.0 Å². The average Bonchev–Trinajstić information content (AvgIpc) is 2.48. The normalized spacial score (nSPS) is 15.4. The highest BCUT2D eigenvalue weighted by molar-refractivity contribution is 5.96. The molecule has 0 bridgehead atoms. The minimum absolute atomic E-state index is 0.0673. The summed E-state index contributed by atoms with van der Waals surface area (Å²) in [5.74, 6) is 0.0673. The van der Waals surface area contributed by atoms with Gasteiger partial charge < -0.3 is 10.6 Å². The fourth-order valence-electron chi connectivity index (χ4n) is 3.18. The van der Waals surface area contributed by atoms with Crippen LogP contribution in [0.3, 0.4) is 0 Å². The summed E-state index contributed by atoms with van der Waals surface area (Å²) in [4.78, 5) is 11.9. The fraction of sp³-hybridized carbons (Fsp3) is 0.286. The van der Waals surface area contributed by atoms with Crippen molar-refractivity contribution in [3.05, 3.63) is 65.2 Å². The summed E-state index contributed by atoms with van der Waals surface area (Å²) in [6.07, 6.45) is 0.516. The van der Waals surface area contributed by atoms with Gasteiger partial charge in [-0.15, -0.1) is 0 Å². The molecule has 0 saturated heterocycles. The molecular weight excluding hydrogens is 296 g/mol. The predicted molar refractivity (Wildman–Crippen MR) is 101 cm³/mol. The third kappa shape index (κ3) is 3.07. The van der Waals surface area contributed by atoms with Gasteiger partial charge in [0, 0.05) is 28.9 Å². The zero-order valence-electron chi connectivity index (χ0n) is 14.8. The highest BCUT2D eigenvalue weighted by Gasteiger charge is 2.31. The molecule has 124 valence electrons. The lowest BCUT2D eigenvalue weighted by molar-refractivity contribution is -0.117. The van der Waals surface area contributed by atoms with E-state index in [1.54, 1.807) is 0 Å². The molecule has 0 saturated carbocycles. The largest absolute Gasteiger partial charge is 0.355 e. The van der Waals surface area contributed by atoms with E-state index in [0.717, 1.165) is 22.6 Å². The van der Waals surface area contributed by atoms with E-state index in [4.69, 9.17) is 0 Å². The summed E-state index contributed by atoms with van der Waals surface area (Å²) in [6.45, 7) is 12.6. The van der Waals surface area contributed by atoms with Crippen LogP contribution in [0, 0.1) is 13.8 Å². The topological polar surface area (TPSA) is 41.1 Å². The van der Waals surface area contributed by atoms with Crippen molar-refractivity contribution in [2.75, 3.05) is 10.6 Å². The Morgan fingerprint density at radius 2 is 1.88 bits per heavy atom. The predicted octanol–water partition coefficient (Wildman–Crippen LogP) is 5.01. The van der Waals surface area contributed by atoms with Crippen molar-refractivity contribution < 1.29 is 4.79 Å². The Kier molecular flexibility index (Phi) is 3.96. The molecule has 3 rings (SSSR count). The lowest BCUT2D eigenvalue weighted by atomic mass is 9.78. The van der Waals surface area contributed by atoms with Gasteiger partial charge in [-0.25, -0.2) is 0 Å². The first-order chi connectivity index (χ1) is 11.3. The quantitative estimate of drug-likeness (QED) is 0.835. The van der Waals surface area contributed by atoms with E-state index in [0.29, 0.717) is 6.42 Å². The molecule has 0 aromatic heterocycles. The van der Waals surface area contributed by atoms with Crippen LogP contribution in [0.15, 0.2) is 43.0 Å². The molecular formula is C21H24N2O. The number of rotatable bonds is 3. The van der Waals surface area contributed by atoms with Gasteiger partial charge in [0.2, 0.25) is 5.91 Å². The number of fused-ring (bicyclic) bond motifs is 1. The number of carbonyl (C=O) groups excluding carboxylic acids is 1. The molecule has 1 aliphatic rings. The van der Waals surface area contributed by atoms with Crippen molar-refractivity contribution in [1.82, 2.24) is 0 Å². The molecule has 0 radical (unpaired) electrons. The Morgan fingerprint density at radius 3 is 2.58 bits per heavy atom. The van der Waals surface area contributed by atoms with Crippen LogP contribution >= 0.6 is 0 Å². The minimum atomic E-state index is -0.138. The SMILES string of the molecule is C=C(Nc1ccc2c(c1)NC(=O)CC2(C)C)c1ccc(C)c(C)c1. The van der Waals surface area contributed by atoms with Crippen LogP contribution in [0.2, 0.25) is 0 Å². The van der Waals surface area contributed by atoms with Crippen LogP contribution in [0.4, 0.5) is 11.4 Å². The monoisotopic (exact) mass is 320 g/mol. The molecule has 1 amide bonds. The molecule has 0 atom stereocenters. The number of anilines is 2. The van der Waals surface area contributed by atoms with Gasteiger partial charge in [0.05, 0.1) is 0 Å². The number of carbonyl (C=O) groups is 1. The zero-order valence-corrected chi connectivity index (χ0v) is 14.8. The summed E-state index contributed by atoms with van der Waals surface area (Å²) >= 11 is 0. The maximum atomic E-state index is 11.9. The second kappa shape index (κ2) is 5.82. The van der Waals surface area contributed by atoms with Crippen LogP contribution in [0.5, 0.6) is 0 Å². The molecule has 1 heterocycles. The van der Waals surface area contributed by atoms with Gasteiger partial charge in [0.1, 0.15) is 0 Å². The van der Waals surface area contributed by atoms with E-state index < -0.39 is 0 Å². The molecule has 2 aromatic carbocycles. The number of benzene rings is 2. The summed E-state index contributed by atoms with van der Waals surface area (Å²) in [6, 6.07) is 12.4. The third-order valence-corrected chi connectivity index (χ3v) is 4.78. The summed E-state index contributed by atoms with van der Waals surface area (Å²) in [5.41, 5.74) is 7.27. The number of nitrogens with one attached hydrogen (secondary N) is 2. The molecule has 3 nitrogen and oxygen atoms in total. The number of aryl methyl sites for hydroxylation is 2. The maximum absolute atomic E-state index is 11.9. The van der Waals surface area contributed by atoms with E-state index in [1.165, 1.54) is 16.7 Å². The standard InChI is InChI=1S/C21H24N2O/c1-13-6-7-16(10-14(13)2)15(3)22-17-8-9-18-19(11-17)23-20(24)12-21(18,4)5/h6-11,22H,3,12H2,1-2,4-5H3,(H,23,24). The second-order valence-electron chi connectivity index (χ2n) is 7.27.